The van der Waals surface area contributed by atoms with Gasteiger partial charge in [0.1, 0.15) is 0 Å². The summed E-state index contributed by atoms with van der Waals surface area (Å²) in [5, 5.41) is 9.63. The van der Waals surface area contributed by atoms with Crippen LogP contribution in [0.1, 0.15) is 10.4 Å². The molecule has 0 spiro atoms. The molecule has 0 aliphatic carbocycles. The molecule has 3 nitrogen and oxygen atoms in total. The Morgan fingerprint density at radius 3 is 2.86 bits per heavy atom. The lowest BCUT2D eigenvalue weighted by Crippen LogP contribution is -2.02. The smallest absolute Gasteiger partial charge is 0.338 e. The van der Waals surface area contributed by atoms with Gasteiger partial charge in [-0.15, -0.1) is 24.0 Å². The molecule has 0 amide bonds. The standard InChI is InChI=1S/C9H7NO2S2/c10-5-1-2-6-4(3-7(13)14-6)8(5)9(11)12/h1-3,13H,10H2,(H,11,12). The molecule has 2 rings (SSSR count). The molecule has 1 heterocycles. The van der Waals surface area contributed by atoms with Crippen LogP contribution < -0.4 is 5.73 Å². The Kier molecular flexibility index (Phi) is 2.13. The van der Waals surface area contributed by atoms with Crippen molar-refractivity contribution >= 4 is 45.7 Å². The number of aromatic carboxylic acids is 1. The van der Waals surface area contributed by atoms with Crippen molar-refractivity contribution in [1.82, 2.24) is 0 Å². The molecule has 0 unspecified atom stereocenters. The van der Waals surface area contributed by atoms with Crippen LogP contribution in [0.3, 0.4) is 0 Å². The third-order valence-electron chi connectivity index (χ3n) is 1.93. The number of carboxylic acids is 1. The van der Waals surface area contributed by atoms with Crippen LogP contribution in [0, 0.1) is 0 Å². The molecule has 0 radical (unpaired) electrons. The number of carboxylic acid groups (broad SMARTS) is 1. The average molecular weight is 225 g/mol. The Balaban J connectivity index is 2.88. The summed E-state index contributed by atoms with van der Waals surface area (Å²) in [5.41, 5.74) is 6.05. The fraction of sp³-hybridized carbons (Fsp3) is 0. The first-order valence-corrected chi connectivity index (χ1v) is 5.10. The number of nitrogen functional groups attached to an aromatic ring is 1. The second kappa shape index (κ2) is 3.18. The number of thiophene rings is 1. The topological polar surface area (TPSA) is 63.3 Å². The quantitative estimate of drug-likeness (QED) is 0.516. The highest BCUT2D eigenvalue weighted by Gasteiger charge is 2.14. The van der Waals surface area contributed by atoms with Gasteiger partial charge in [-0.05, 0) is 18.2 Å². The van der Waals surface area contributed by atoms with Gasteiger partial charge >= 0.3 is 5.97 Å². The molecule has 1 aromatic carbocycles. The van der Waals surface area contributed by atoms with Crippen molar-refractivity contribution < 1.29 is 9.90 Å². The number of nitrogens with two attached hydrogens (primary N) is 1. The molecule has 0 saturated heterocycles. The van der Waals surface area contributed by atoms with Gasteiger partial charge in [-0.3, -0.25) is 0 Å². The van der Waals surface area contributed by atoms with Crippen molar-refractivity contribution in [2.75, 3.05) is 5.73 Å². The van der Waals surface area contributed by atoms with Gasteiger partial charge < -0.3 is 10.8 Å². The van der Waals surface area contributed by atoms with E-state index in [0.29, 0.717) is 5.39 Å². The monoisotopic (exact) mass is 225 g/mol. The summed E-state index contributed by atoms with van der Waals surface area (Å²) in [4.78, 5) is 10.9. The van der Waals surface area contributed by atoms with Crippen LogP contribution in [-0.2, 0) is 0 Å². The number of rotatable bonds is 1. The van der Waals surface area contributed by atoms with Gasteiger partial charge in [-0.1, -0.05) is 0 Å². The van der Waals surface area contributed by atoms with Gasteiger partial charge in [-0.2, -0.15) is 0 Å². The second-order valence-electron chi connectivity index (χ2n) is 2.83. The van der Waals surface area contributed by atoms with Crippen LogP contribution in [0.25, 0.3) is 10.1 Å². The first-order valence-electron chi connectivity index (χ1n) is 3.84. The lowest BCUT2D eigenvalue weighted by Gasteiger charge is -2.00. The average Bonchev–Trinajstić information content (AvgIpc) is 2.43. The van der Waals surface area contributed by atoms with Crippen molar-refractivity contribution in [2.45, 2.75) is 4.21 Å². The normalized spacial score (nSPS) is 10.6. The van der Waals surface area contributed by atoms with Crippen molar-refractivity contribution in [1.29, 1.82) is 0 Å². The predicted molar refractivity (Wildman–Crippen MR) is 60.4 cm³/mol. The van der Waals surface area contributed by atoms with E-state index in [1.165, 1.54) is 11.3 Å². The summed E-state index contributed by atoms with van der Waals surface area (Å²) in [5.74, 6) is -1.00. The maximum atomic E-state index is 10.9. The molecule has 0 atom stereocenters. The number of benzene rings is 1. The van der Waals surface area contributed by atoms with E-state index in [-0.39, 0.29) is 11.3 Å². The van der Waals surface area contributed by atoms with E-state index >= 15 is 0 Å². The van der Waals surface area contributed by atoms with Gasteiger partial charge in [0.05, 0.1) is 9.77 Å². The van der Waals surface area contributed by atoms with Gasteiger partial charge in [0.25, 0.3) is 0 Å². The van der Waals surface area contributed by atoms with E-state index in [1.54, 1.807) is 12.1 Å². The zero-order chi connectivity index (χ0) is 10.3. The third kappa shape index (κ3) is 1.34. The summed E-state index contributed by atoms with van der Waals surface area (Å²) in [6.07, 6.45) is 0. The maximum Gasteiger partial charge on any atom is 0.338 e. The molecule has 5 heteroatoms. The van der Waals surface area contributed by atoms with E-state index < -0.39 is 5.97 Å². The van der Waals surface area contributed by atoms with Crippen molar-refractivity contribution in [3.05, 3.63) is 23.8 Å². The summed E-state index contributed by atoms with van der Waals surface area (Å²) >= 11 is 5.62. The van der Waals surface area contributed by atoms with Crippen LogP contribution in [0.4, 0.5) is 5.69 Å². The molecule has 72 valence electrons. The number of hydrogen-bond acceptors (Lipinski definition) is 4. The van der Waals surface area contributed by atoms with Crippen LogP contribution >= 0.6 is 24.0 Å². The molecule has 0 saturated carbocycles. The van der Waals surface area contributed by atoms with Crippen LogP contribution in [0.2, 0.25) is 0 Å². The number of carbonyl (C=O) groups is 1. The number of fused-ring (bicyclic) bond motifs is 1. The lowest BCUT2D eigenvalue weighted by molar-refractivity contribution is 0.0700. The summed E-state index contributed by atoms with van der Waals surface area (Å²) in [7, 11) is 0. The summed E-state index contributed by atoms with van der Waals surface area (Å²) in [6.45, 7) is 0. The Hall–Kier alpha value is -1.20. The van der Waals surface area contributed by atoms with Gasteiger partial charge in [0.15, 0.2) is 0 Å². The summed E-state index contributed by atoms with van der Waals surface area (Å²) < 4.78 is 1.68. The van der Waals surface area contributed by atoms with Gasteiger partial charge in [-0.25, -0.2) is 4.79 Å². The Morgan fingerprint density at radius 2 is 2.21 bits per heavy atom. The largest absolute Gasteiger partial charge is 0.478 e. The van der Waals surface area contributed by atoms with Crippen molar-refractivity contribution in [3.8, 4) is 0 Å². The van der Waals surface area contributed by atoms with E-state index in [1.807, 2.05) is 6.07 Å². The van der Waals surface area contributed by atoms with E-state index in [4.69, 9.17) is 10.8 Å². The minimum Gasteiger partial charge on any atom is -0.478 e. The molecule has 3 N–H and O–H groups in total. The first kappa shape index (κ1) is 9.36. The van der Waals surface area contributed by atoms with Crippen LogP contribution in [-0.4, -0.2) is 11.1 Å². The van der Waals surface area contributed by atoms with E-state index in [9.17, 15) is 4.79 Å². The van der Waals surface area contributed by atoms with E-state index in [2.05, 4.69) is 12.6 Å². The molecule has 0 aliphatic rings. The molecular formula is C9H7NO2S2. The fourth-order valence-corrected chi connectivity index (χ4v) is 2.59. The minimum absolute atomic E-state index is 0.166. The predicted octanol–water partition coefficient (Wildman–Crippen LogP) is 2.47. The first-order chi connectivity index (χ1) is 6.59. The number of anilines is 1. The van der Waals surface area contributed by atoms with Gasteiger partial charge in [0, 0.05) is 15.8 Å². The highest BCUT2D eigenvalue weighted by atomic mass is 32.2. The molecule has 2 aromatic rings. The lowest BCUT2D eigenvalue weighted by atomic mass is 10.1. The number of hydrogen-bond donors (Lipinski definition) is 3. The third-order valence-corrected chi connectivity index (χ3v) is 3.24. The fourth-order valence-electron chi connectivity index (χ4n) is 1.35. The Labute approximate surface area is 89.6 Å². The SMILES string of the molecule is Nc1ccc2sc(S)cc2c1C(=O)O. The zero-order valence-electron chi connectivity index (χ0n) is 7.02. The number of thiol groups is 1. The van der Waals surface area contributed by atoms with Crippen molar-refractivity contribution in [3.63, 3.8) is 0 Å². The second-order valence-corrected chi connectivity index (χ2v) is 4.70. The summed E-state index contributed by atoms with van der Waals surface area (Å²) in [6, 6.07) is 5.14. The molecule has 0 bridgehead atoms. The highest BCUT2D eigenvalue weighted by molar-refractivity contribution is 7.83. The molecule has 14 heavy (non-hydrogen) atoms. The van der Waals surface area contributed by atoms with E-state index in [0.717, 1.165) is 8.91 Å². The van der Waals surface area contributed by atoms with Crippen LogP contribution in [0.15, 0.2) is 22.4 Å². The Morgan fingerprint density at radius 1 is 1.50 bits per heavy atom. The minimum atomic E-state index is -1.00. The highest BCUT2D eigenvalue weighted by Crippen LogP contribution is 2.33. The van der Waals surface area contributed by atoms with Crippen LogP contribution in [0.5, 0.6) is 0 Å². The van der Waals surface area contributed by atoms with Gasteiger partial charge in [0.2, 0.25) is 0 Å². The molecule has 0 fully saturated rings. The zero-order valence-corrected chi connectivity index (χ0v) is 8.73. The van der Waals surface area contributed by atoms with Crippen molar-refractivity contribution in [2.24, 2.45) is 0 Å². The Bertz CT molecular complexity index is 519. The maximum absolute atomic E-state index is 10.9. The molecule has 0 aliphatic heterocycles. The molecule has 1 aromatic heterocycles. The molecular weight excluding hydrogens is 218 g/mol.